The largest absolute Gasteiger partial charge is 0.361 e. The Balaban J connectivity index is 1.34. The Morgan fingerprint density at radius 1 is 1.31 bits per heavy atom. The van der Waals surface area contributed by atoms with Gasteiger partial charge in [0.25, 0.3) is 0 Å². The van der Waals surface area contributed by atoms with Gasteiger partial charge in [0.15, 0.2) is 0 Å². The Kier molecular flexibility index (Phi) is 5.71. The number of benzene rings is 1. The van der Waals surface area contributed by atoms with E-state index in [-0.39, 0.29) is 18.2 Å². The highest BCUT2D eigenvalue weighted by molar-refractivity contribution is 7.09. The zero-order valence-electron chi connectivity index (χ0n) is 16.1. The smallest absolute Gasteiger partial charge is 0.243 e. The van der Waals surface area contributed by atoms with E-state index in [1.807, 2.05) is 42.6 Å². The molecule has 0 radical (unpaired) electrons. The van der Waals surface area contributed by atoms with Gasteiger partial charge in [-0.05, 0) is 19.8 Å². The summed E-state index contributed by atoms with van der Waals surface area (Å²) >= 11 is 1.51. The third-order valence-electron chi connectivity index (χ3n) is 4.91. The second-order valence-corrected chi connectivity index (χ2v) is 8.01. The van der Waals surface area contributed by atoms with Crippen LogP contribution in [0.1, 0.15) is 29.3 Å². The third kappa shape index (κ3) is 4.54. The maximum Gasteiger partial charge on any atom is 0.243 e. The number of likely N-dealkylation sites (tertiary alicyclic amines) is 1. The van der Waals surface area contributed by atoms with E-state index in [9.17, 15) is 9.59 Å². The summed E-state index contributed by atoms with van der Waals surface area (Å²) < 4.78 is 5.13. The Morgan fingerprint density at radius 3 is 2.90 bits per heavy atom. The fourth-order valence-corrected chi connectivity index (χ4v) is 4.25. The Bertz CT molecular complexity index is 998. The van der Waals surface area contributed by atoms with Crippen molar-refractivity contribution < 1.29 is 14.1 Å². The van der Waals surface area contributed by atoms with Crippen molar-refractivity contribution in [2.75, 3.05) is 6.54 Å². The van der Waals surface area contributed by atoms with Crippen molar-refractivity contribution in [2.45, 2.75) is 38.8 Å². The van der Waals surface area contributed by atoms with Gasteiger partial charge in [0.05, 0.1) is 24.4 Å². The summed E-state index contributed by atoms with van der Waals surface area (Å²) in [6.07, 6.45) is 1.60. The lowest BCUT2D eigenvalue weighted by atomic mass is 10.2. The first-order chi connectivity index (χ1) is 14.1. The summed E-state index contributed by atoms with van der Waals surface area (Å²) in [5.74, 6) is 0.273. The molecule has 1 aromatic carbocycles. The van der Waals surface area contributed by atoms with Gasteiger partial charge in [-0.2, -0.15) is 0 Å². The van der Waals surface area contributed by atoms with Crippen molar-refractivity contribution in [3.8, 4) is 11.3 Å². The molecular formula is C21H22N4O3S. The van der Waals surface area contributed by atoms with Crippen molar-refractivity contribution in [1.82, 2.24) is 20.4 Å². The van der Waals surface area contributed by atoms with Gasteiger partial charge in [-0.3, -0.25) is 9.59 Å². The van der Waals surface area contributed by atoms with Gasteiger partial charge in [-0.25, -0.2) is 4.98 Å². The number of aryl methyl sites for hydroxylation is 1. The van der Waals surface area contributed by atoms with Crippen LogP contribution in [0.5, 0.6) is 0 Å². The van der Waals surface area contributed by atoms with E-state index in [2.05, 4.69) is 15.5 Å². The predicted molar refractivity (Wildman–Crippen MR) is 109 cm³/mol. The highest BCUT2D eigenvalue weighted by Crippen LogP contribution is 2.22. The molecule has 0 bridgehead atoms. The molecule has 2 amide bonds. The van der Waals surface area contributed by atoms with Crippen LogP contribution in [0.3, 0.4) is 0 Å². The summed E-state index contributed by atoms with van der Waals surface area (Å²) in [4.78, 5) is 31.6. The molecule has 2 aromatic heterocycles. The van der Waals surface area contributed by atoms with E-state index in [0.717, 1.165) is 28.4 Å². The second kappa shape index (κ2) is 8.57. The third-order valence-corrected chi connectivity index (χ3v) is 5.76. The van der Waals surface area contributed by atoms with E-state index in [1.54, 1.807) is 11.0 Å². The Labute approximate surface area is 172 Å². The highest BCUT2D eigenvalue weighted by Gasteiger charge is 2.34. The van der Waals surface area contributed by atoms with Gasteiger partial charge in [-0.1, -0.05) is 35.5 Å². The number of carbonyl (C=O) groups is 2. The summed E-state index contributed by atoms with van der Waals surface area (Å²) in [7, 11) is 0. The zero-order chi connectivity index (χ0) is 20.2. The molecule has 1 N–H and O–H groups in total. The number of hydrogen-bond acceptors (Lipinski definition) is 6. The molecule has 150 valence electrons. The number of rotatable bonds is 6. The van der Waals surface area contributed by atoms with Crippen molar-refractivity contribution >= 4 is 23.2 Å². The van der Waals surface area contributed by atoms with E-state index < -0.39 is 6.04 Å². The first kappa shape index (κ1) is 19.3. The molecular weight excluding hydrogens is 388 g/mol. The molecule has 0 aliphatic carbocycles. The monoisotopic (exact) mass is 410 g/mol. The number of aromatic nitrogens is 2. The van der Waals surface area contributed by atoms with E-state index >= 15 is 0 Å². The molecule has 3 heterocycles. The molecule has 0 spiro atoms. The molecule has 3 aromatic rings. The van der Waals surface area contributed by atoms with Gasteiger partial charge in [0.2, 0.25) is 11.8 Å². The van der Waals surface area contributed by atoms with Crippen LogP contribution in [0.15, 0.2) is 46.3 Å². The van der Waals surface area contributed by atoms with Crippen LogP contribution in [0.25, 0.3) is 11.3 Å². The first-order valence-electron chi connectivity index (χ1n) is 9.59. The van der Waals surface area contributed by atoms with Crippen molar-refractivity contribution in [2.24, 2.45) is 0 Å². The molecule has 1 aliphatic heterocycles. The number of hydrogen-bond donors (Lipinski definition) is 1. The van der Waals surface area contributed by atoms with Crippen molar-refractivity contribution in [1.29, 1.82) is 0 Å². The van der Waals surface area contributed by atoms with E-state index in [0.29, 0.717) is 25.3 Å². The molecule has 1 atom stereocenters. The predicted octanol–water partition coefficient (Wildman–Crippen LogP) is 2.96. The first-order valence-corrected chi connectivity index (χ1v) is 10.5. The average Bonchev–Trinajstić information content (AvgIpc) is 3.48. The fourth-order valence-electron chi connectivity index (χ4n) is 3.50. The number of nitrogens with one attached hydrogen (secondary N) is 1. The van der Waals surface area contributed by atoms with Crippen LogP contribution >= 0.6 is 11.3 Å². The number of thiazole rings is 1. The van der Waals surface area contributed by atoms with Gasteiger partial charge >= 0.3 is 0 Å². The summed E-state index contributed by atoms with van der Waals surface area (Å²) in [5.41, 5.74) is 2.69. The quantitative estimate of drug-likeness (QED) is 0.675. The lowest BCUT2D eigenvalue weighted by molar-refractivity contribution is -0.138. The van der Waals surface area contributed by atoms with Crippen LogP contribution < -0.4 is 5.32 Å². The Morgan fingerprint density at radius 2 is 2.14 bits per heavy atom. The van der Waals surface area contributed by atoms with Crippen LogP contribution in [-0.4, -0.2) is 39.4 Å². The maximum absolute atomic E-state index is 12.7. The van der Waals surface area contributed by atoms with Crippen molar-refractivity contribution in [3.63, 3.8) is 0 Å². The van der Waals surface area contributed by atoms with E-state index in [1.165, 1.54) is 11.3 Å². The fraction of sp³-hybridized carbons (Fsp3) is 0.333. The standard InChI is InChI=1S/C21H22N4O3S/c1-14-10-16(28-24-14)11-20(26)25-9-5-8-18(25)21(27)22-12-19-23-17(13-29-19)15-6-3-2-4-7-15/h2-4,6-7,10,13,18H,5,8-9,11-12H2,1H3,(H,22,27). The lowest BCUT2D eigenvalue weighted by Gasteiger charge is -2.23. The molecule has 1 unspecified atom stereocenters. The normalized spacial score (nSPS) is 16.2. The summed E-state index contributed by atoms with van der Waals surface area (Å²) in [5, 5.41) is 9.57. The molecule has 8 heteroatoms. The minimum absolute atomic E-state index is 0.112. The molecule has 4 rings (SSSR count). The van der Waals surface area contributed by atoms with Gasteiger partial charge < -0.3 is 14.7 Å². The number of amides is 2. The molecule has 0 saturated carbocycles. The minimum Gasteiger partial charge on any atom is -0.361 e. The van der Waals surface area contributed by atoms with Crippen molar-refractivity contribution in [3.05, 3.63) is 58.2 Å². The average molecular weight is 410 g/mol. The topological polar surface area (TPSA) is 88.3 Å². The van der Waals surface area contributed by atoms with Gasteiger partial charge in [0.1, 0.15) is 16.8 Å². The highest BCUT2D eigenvalue weighted by atomic mass is 32.1. The Hall–Kier alpha value is -3.00. The van der Waals surface area contributed by atoms with Gasteiger partial charge in [0, 0.05) is 23.6 Å². The van der Waals surface area contributed by atoms with Crippen LogP contribution in [-0.2, 0) is 22.6 Å². The number of nitrogens with zero attached hydrogens (tertiary/aromatic N) is 3. The molecule has 29 heavy (non-hydrogen) atoms. The number of carbonyl (C=O) groups excluding carboxylic acids is 2. The molecule has 7 nitrogen and oxygen atoms in total. The van der Waals surface area contributed by atoms with E-state index in [4.69, 9.17) is 4.52 Å². The molecule has 1 fully saturated rings. The SMILES string of the molecule is Cc1cc(CC(=O)N2CCCC2C(=O)NCc2nc(-c3ccccc3)cs2)on1. The molecule has 1 aliphatic rings. The van der Waals surface area contributed by atoms with Crippen LogP contribution in [0, 0.1) is 6.92 Å². The minimum atomic E-state index is -0.444. The van der Waals surface area contributed by atoms with Crippen LogP contribution in [0.2, 0.25) is 0 Å². The van der Waals surface area contributed by atoms with Crippen LogP contribution in [0.4, 0.5) is 0 Å². The second-order valence-electron chi connectivity index (χ2n) is 7.07. The summed E-state index contributed by atoms with van der Waals surface area (Å²) in [6.45, 7) is 2.75. The lowest BCUT2D eigenvalue weighted by Crippen LogP contribution is -2.46. The molecule has 1 saturated heterocycles. The maximum atomic E-state index is 12.7. The summed E-state index contributed by atoms with van der Waals surface area (Å²) in [6, 6.07) is 11.2. The van der Waals surface area contributed by atoms with Gasteiger partial charge in [-0.15, -0.1) is 11.3 Å². The zero-order valence-corrected chi connectivity index (χ0v) is 16.9.